The number of likely N-dealkylation sites (N-methyl/N-ethyl adjacent to an activating group) is 1. The van der Waals surface area contributed by atoms with Crippen molar-refractivity contribution in [3.05, 3.63) is 84.2 Å². The number of aromatic nitrogens is 3. The third-order valence-electron chi connectivity index (χ3n) is 6.52. The number of fused-ring (bicyclic) bond motifs is 1. The van der Waals surface area contributed by atoms with Crippen molar-refractivity contribution in [3.63, 3.8) is 0 Å². The number of H-pyrrole nitrogens is 1. The van der Waals surface area contributed by atoms with Crippen LogP contribution in [-0.4, -0.2) is 59.2 Å². The summed E-state index contributed by atoms with van der Waals surface area (Å²) in [6.07, 6.45) is 8.13. The van der Waals surface area contributed by atoms with Crippen molar-refractivity contribution in [2.75, 3.05) is 43.4 Å². The molecular formula is C29H32N6O. The Hall–Kier alpha value is -3.97. The largest absolute Gasteiger partial charge is 0.354 e. The number of hydrogen-bond donors (Lipinski definition) is 2. The zero-order valence-corrected chi connectivity index (χ0v) is 20.6. The number of amides is 1. The lowest BCUT2D eigenvalue weighted by atomic mass is 10.2. The first-order valence-corrected chi connectivity index (χ1v) is 12.5. The number of carbonyl (C=O) groups is 1. The van der Waals surface area contributed by atoms with Crippen LogP contribution in [0.4, 0.5) is 11.5 Å². The van der Waals surface area contributed by atoms with Gasteiger partial charge in [-0.2, -0.15) is 5.10 Å². The Morgan fingerprint density at radius 1 is 0.944 bits per heavy atom. The predicted octanol–water partition coefficient (Wildman–Crippen LogP) is 4.92. The molecule has 1 saturated heterocycles. The molecule has 0 radical (unpaired) electrons. The fourth-order valence-electron chi connectivity index (χ4n) is 4.12. The van der Waals surface area contributed by atoms with Crippen molar-refractivity contribution in [2.24, 2.45) is 5.92 Å². The van der Waals surface area contributed by atoms with Gasteiger partial charge in [-0.05, 0) is 61.9 Å². The van der Waals surface area contributed by atoms with Crippen LogP contribution in [0.15, 0.2) is 72.9 Å². The van der Waals surface area contributed by atoms with Gasteiger partial charge in [0.1, 0.15) is 5.82 Å². The van der Waals surface area contributed by atoms with E-state index in [0.29, 0.717) is 0 Å². The fourth-order valence-corrected chi connectivity index (χ4v) is 4.12. The molecule has 2 aromatic carbocycles. The fraction of sp³-hybridized carbons (Fsp3) is 0.276. The minimum atomic E-state index is 0.168. The number of para-hydroxylation sites is 2. The standard InChI is InChI=1S/C19H21N5.C10H11NO/c1-23-10-12-24(13-11-23)19-9-7-15(14-20-19)6-8-18-16-4-2-3-5-17(16)21-22-18;12-10(8-6-7-8)11-9-4-2-1-3-5-9/h2-9,14H,10-13H2,1H3,(H,21,22);1-5,8H,6-7H2,(H,11,12)/b8-6+;. The zero-order valence-electron chi connectivity index (χ0n) is 20.6. The second kappa shape index (κ2) is 11.2. The number of anilines is 2. The summed E-state index contributed by atoms with van der Waals surface area (Å²) in [5.74, 6) is 1.51. The lowest BCUT2D eigenvalue weighted by Gasteiger charge is -2.33. The van der Waals surface area contributed by atoms with E-state index >= 15 is 0 Å². The first-order valence-electron chi connectivity index (χ1n) is 12.5. The summed E-state index contributed by atoms with van der Waals surface area (Å²) in [6, 6.07) is 22.0. The predicted molar refractivity (Wildman–Crippen MR) is 147 cm³/mol. The van der Waals surface area contributed by atoms with Crippen LogP contribution >= 0.6 is 0 Å². The van der Waals surface area contributed by atoms with Crippen LogP contribution in [0.25, 0.3) is 23.1 Å². The van der Waals surface area contributed by atoms with Crippen LogP contribution in [0.1, 0.15) is 24.1 Å². The molecule has 7 heteroatoms. The summed E-state index contributed by atoms with van der Waals surface area (Å²) in [5, 5.41) is 11.4. The van der Waals surface area contributed by atoms with Gasteiger partial charge in [-0.25, -0.2) is 4.98 Å². The Labute approximate surface area is 211 Å². The number of aromatic amines is 1. The van der Waals surface area contributed by atoms with Gasteiger partial charge in [0.25, 0.3) is 0 Å². The van der Waals surface area contributed by atoms with Crippen molar-refractivity contribution >= 4 is 40.5 Å². The molecule has 0 bridgehead atoms. The number of nitrogens with zero attached hydrogens (tertiary/aromatic N) is 4. The molecule has 2 fully saturated rings. The normalized spacial score (nSPS) is 16.1. The van der Waals surface area contributed by atoms with Gasteiger partial charge in [0.2, 0.25) is 5.91 Å². The molecule has 184 valence electrons. The van der Waals surface area contributed by atoms with Gasteiger partial charge in [0.15, 0.2) is 0 Å². The molecule has 2 aliphatic rings. The Morgan fingerprint density at radius 3 is 2.42 bits per heavy atom. The van der Waals surface area contributed by atoms with E-state index < -0.39 is 0 Å². The minimum Gasteiger partial charge on any atom is -0.354 e. The Kier molecular flexibility index (Phi) is 7.38. The maximum atomic E-state index is 11.3. The molecule has 2 N–H and O–H groups in total. The molecule has 36 heavy (non-hydrogen) atoms. The summed E-state index contributed by atoms with van der Waals surface area (Å²) < 4.78 is 0. The van der Waals surface area contributed by atoms with E-state index in [2.05, 4.69) is 61.6 Å². The monoisotopic (exact) mass is 480 g/mol. The van der Waals surface area contributed by atoms with Crippen LogP contribution in [-0.2, 0) is 4.79 Å². The molecule has 1 amide bonds. The van der Waals surface area contributed by atoms with Crippen LogP contribution in [0.5, 0.6) is 0 Å². The number of carbonyl (C=O) groups excluding carboxylic acids is 1. The molecule has 1 saturated carbocycles. The van der Waals surface area contributed by atoms with Crippen LogP contribution in [0.3, 0.4) is 0 Å². The molecule has 1 aliphatic heterocycles. The molecule has 6 rings (SSSR count). The van der Waals surface area contributed by atoms with Crippen molar-refractivity contribution in [1.29, 1.82) is 0 Å². The lowest BCUT2D eigenvalue weighted by molar-refractivity contribution is -0.117. The topological polar surface area (TPSA) is 77.2 Å². The molecule has 2 aromatic heterocycles. The molecule has 1 aliphatic carbocycles. The highest BCUT2D eigenvalue weighted by molar-refractivity contribution is 5.94. The van der Waals surface area contributed by atoms with Crippen LogP contribution < -0.4 is 10.2 Å². The number of nitrogens with one attached hydrogen (secondary N) is 2. The summed E-state index contributed by atoms with van der Waals surface area (Å²) in [4.78, 5) is 20.6. The summed E-state index contributed by atoms with van der Waals surface area (Å²) in [7, 11) is 2.16. The third-order valence-corrected chi connectivity index (χ3v) is 6.52. The first kappa shape index (κ1) is 23.8. The Morgan fingerprint density at radius 2 is 1.69 bits per heavy atom. The maximum Gasteiger partial charge on any atom is 0.227 e. The quantitative estimate of drug-likeness (QED) is 0.424. The molecular weight excluding hydrogens is 448 g/mol. The molecule has 0 atom stereocenters. The van der Waals surface area contributed by atoms with E-state index in [-0.39, 0.29) is 11.8 Å². The van der Waals surface area contributed by atoms with E-state index in [9.17, 15) is 4.79 Å². The zero-order chi connectivity index (χ0) is 24.7. The number of rotatable bonds is 5. The van der Waals surface area contributed by atoms with Crippen molar-refractivity contribution in [3.8, 4) is 0 Å². The van der Waals surface area contributed by atoms with E-state index in [1.165, 1.54) is 0 Å². The van der Waals surface area contributed by atoms with E-state index in [4.69, 9.17) is 0 Å². The number of benzene rings is 2. The smallest absolute Gasteiger partial charge is 0.227 e. The number of pyridine rings is 1. The van der Waals surface area contributed by atoms with Crippen LogP contribution in [0, 0.1) is 5.92 Å². The van der Waals surface area contributed by atoms with Crippen molar-refractivity contribution in [2.45, 2.75) is 12.8 Å². The average molecular weight is 481 g/mol. The van der Waals surface area contributed by atoms with E-state index in [1.54, 1.807) is 0 Å². The minimum absolute atomic E-state index is 0.168. The summed E-state index contributed by atoms with van der Waals surface area (Å²) >= 11 is 0. The van der Waals surface area contributed by atoms with Gasteiger partial charge in [-0.3, -0.25) is 9.89 Å². The van der Waals surface area contributed by atoms with Gasteiger partial charge in [-0.1, -0.05) is 42.5 Å². The Balaban J connectivity index is 0.000000186. The highest BCUT2D eigenvalue weighted by atomic mass is 16.2. The second-order valence-electron chi connectivity index (χ2n) is 9.36. The summed E-state index contributed by atoms with van der Waals surface area (Å²) in [5.41, 5.74) is 3.99. The molecule has 0 unspecified atom stereocenters. The molecule has 7 nitrogen and oxygen atoms in total. The maximum absolute atomic E-state index is 11.3. The van der Waals surface area contributed by atoms with Crippen LogP contribution in [0.2, 0.25) is 0 Å². The van der Waals surface area contributed by atoms with E-state index in [1.807, 2.05) is 60.8 Å². The molecule has 3 heterocycles. The van der Waals surface area contributed by atoms with Gasteiger partial charge >= 0.3 is 0 Å². The Bertz CT molecular complexity index is 1300. The lowest BCUT2D eigenvalue weighted by Crippen LogP contribution is -2.44. The SMILES string of the molecule is CN1CCN(c2ccc(/C=C/c3n[nH]c4ccccc34)cn2)CC1.O=C(Nc1ccccc1)C1CC1. The average Bonchev–Trinajstić information content (AvgIpc) is 3.70. The van der Waals surface area contributed by atoms with Gasteiger partial charge in [0.05, 0.1) is 11.2 Å². The van der Waals surface area contributed by atoms with E-state index in [0.717, 1.165) is 72.7 Å². The van der Waals surface area contributed by atoms with Crippen molar-refractivity contribution < 1.29 is 4.79 Å². The highest BCUT2D eigenvalue weighted by Crippen LogP contribution is 2.30. The first-order chi connectivity index (χ1) is 17.7. The second-order valence-corrected chi connectivity index (χ2v) is 9.36. The molecule has 4 aromatic rings. The number of hydrogen-bond acceptors (Lipinski definition) is 5. The highest BCUT2D eigenvalue weighted by Gasteiger charge is 2.29. The van der Waals surface area contributed by atoms with Gasteiger partial charge in [-0.15, -0.1) is 0 Å². The van der Waals surface area contributed by atoms with Gasteiger partial charge in [0, 0.05) is 49.4 Å². The molecule has 0 spiro atoms. The van der Waals surface area contributed by atoms with Gasteiger partial charge < -0.3 is 15.1 Å². The number of piperazine rings is 1. The van der Waals surface area contributed by atoms with Crippen molar-refractivity contribution in [1.82, 2.24) is 20.1 Å². The summed E-state index contributed by atoms with van der Waals surface area (Å²) in [6.45, 7) is 4.26. The third kappa shape index (κ3) is 6.17.